The number of hydrogen-bond acceptors (Lipinski definition) is 5. The lowest BCUT2D eigenvalue weighted by Crippen LogP contribution is -3.00. The largest absolute Gasteiger partial charge is 1.00 e. The van der Waals surface area contributed by atoms with Gasteiger partial charge in [0, 0.05) is 23.4 Å². The molecule has 1 aromatic heterocycles. The number of fused-ring (bicyclic) bond motifs is 1. The van der Waals surface area contributed by atoms with Crippen LogP contribution in [-0.4, -0.2) is 36.3 Å². The number of aryl methyl sites for hydroxylation is 2. The van der Waals surface area contributed by atoms with Crippen LogP contribution in [0.4, 0.5) is 4.79 Å². The van der Waals surface area contributed by atoms with E-state index >= 15 is 0 Å². The number of rotatable bonds is 7. The molecule has 0 spiro atoms. The molecule has 1 unspecified atom stereocenters. The first-order valence-electron chi connectivity index (χ1n) is 9.86. The summed E-state index contributed by atoms with van der Waals surface area (Å²) in [7, 11) is 1.97. The van der Waals surface area contributed by atoms with Crippen molar-refractivity contribution in [1.29, 1.82) is 0 Å². The zero-order chi connectivity index (χ0) is 22.3. The number of ether oxygens (including phenoxy) is 2. The molecular formula is C22H30IN3O5. The number of alkyl carbamates (subject to hydrolysis) is 1. The fourth-order valence-electron chi connectivity index (χ4n) is 2.90. The van der Waals surface area contributed by atoms with Crippen LogP contribution in [0.1, 0.15) is 39.7 Å². The maximum absolute atomic E-state index is 12.1. The Morgan fingerprint density at radius 3 is 2.52 bits per heavy atom. The van der Waals surface area contributed by atoms with Gasteiger partial charge in [-0.2, -0.15) is 0 Å². The minimum absolute atomic E-state index is 0. The predicted molar refractivity (Wildman–Crippen MR) is 111 cm³/mol. The standard InChI is InChI=1S/C22H29N3O5.HI/c1-15(24-19(26)13-23-21(28)30-22(2,3)4)29-20(27)11-10-16-12-17-8-6-7-9-18(17)25(5)14-16;/h6-9,12,14-15H,10-11,13H2,1-5H3,(H-,23,24,26,28);1H. The summed E-state index contributed by atoms with van der Waals surface area (Å²) in [5, 5.41) is 5.95. The van der Waals surface area contributed by atoms with Gasteiger partial charge in [0.2, 0.25) is 11.4 Å². The Bertz CT molecular complexity index is 927. The SMILES string of the molecule is CC(NC(=O)CNC(=O)OC(C)(C)C)OC(=O)CCc1cc2ccccc2[n+](C)c1.[I-]. The van der Waals surface area contributed by atoms with Gasteiger partial charge in [0.25, 0.3) is 0 Å². The van der Waals surface area contributed by atoms with E-state index in [-0.39, 0.29) is 36.9 Å². The number of carbonyl (C=O) groups excluding carboxylic acids is 3. The summed E-state index contributed by atoms with van der Waals surface area (Å²) < 4.78 is 12.3. The molecule has 0 fully saturated rings. The van der Waals surface area contributed by atoms with E-state index in [1.54, 1.807) is 27.7 Å². The normalized spacial score (nSPS) is 11.8. The maximum Gasteiger partial charge on any atom is 0.408 e. The molecule has 9 heteroatoms. The molecule has 1 aromatic carbocycles. The van der Waals surface area contributed by atoms with Crippen LogP contribution in [0.25, 0.3) is 10.9 Å². The summed E-state index contributed by atoms with van der Waals surface area (Å²) >= 11 is 0. The molecule has 1 atom stereocenters. The molecule has 2 aromatic rings. The molecule has 1 heterocycles. The van der Waals surface area contributed by atoms with E-state index in [2.05, 4.69) is 16.7 Å². The van der Waals surface area contributed by atoms with Crippen molar-refractivity contribution < 1.29 is 52.4 Å². The number of aromatic nitrogens is 1. The summed E-state index contributed by atoms with van der Waals surface area (Å²) in [4.78, 5) is 35.5. The third kappa shape index (κ3) is 9.50. The number of nitrogens with zero attached hydrogens (tertiary/aromatic N) is 1. The predicted octanol–water partition coefficient (Wildman–Crippen LogP) is -0.869. The molecule has 2 rings (SSSR count). The van der Waals surface area contributed by atoms with E-state index in [0.29, 0.717) is 6.42 Å². The first kappa shape index (κ1) is 26.6. The lowest BCUT2D eigenvalue weighted by atomic mass is 10.1. The summed E-state index contributed by atoms with van der Waals surface area (Å²) in [6, 6.07) is 10.1. The molecule has 2 amide bonds. The Balaban J connectivity index is 0.00000480. The Morgan fingerprint density at radius 2 is 1.84 bits per heavy atom. The molecule has 8 nitrogen and oxygen atoms in total. The Kier molecular flexibility index (Phi) is 10.1. The van der Waals surface area contributed by atoms with E-state index < -0.39 is 29.8 Å². The van der Waals surface area contributed by atoms with Crippen LogP contribution in [0.5, 0.6) is 0 Å². The minimum Gasteiger partial charge on any atom is -1.00 e. The smallest absolute Gasteiger partial charge is 0.408 e. The highest BCUT2D eigenvalue weighted by molar-refractivity contribution is 5.82. The second-order valence-electron chi connectivity index (χ2n) is 8.07. The van der Waals surface area contributed by atoms with E-state index in [4.69, 9.17) is 9.47 Å². The van der Waals surface area contributed by atoms with Crippen molar-refractivity contribution in [1.82, 2.24) is 10.6 Å². The fraction of sp³-hybridized carbons (Fsp3) is 0.455. The number of hydrogen-bond donors (Lipinski definition) is 2. The fourth-order valence-corrected chi connectivity index (χ4v) is 2.90. The number of nitrogens with one attached hydrogen (secondary N) is 2. The van der Waals surface area contributed by atoms with Crippen molar-refractivity contribution in [2.24, 2.45) is 7.05 Å². The van der Waals surface area contributed by atoms with Crippen LogP contribution in [-0.2, 0) is 32.5 Å². The summed E-state index contributed by atoms with van der Waals surface area (Å²) in [6.45, 7) is 6.47. The van der Waals surface area contributed by atoms with E-state index in [9.17, 15) is 14.4 Å². The molecule has 2 N–H and O–H groups in total. The van der Waals surface area contributed by atoms with Crippen molar-refractivity contribution >= 4 is 28.9 Å². The monoisotopic (exact) mass is 543 g/mol. The quantitative estimate of drug-likeness (QED) is 0.205. The lowest BCUT2D eigenvalue weighted by Gasteiger charge is -2.20. The number of amides is 2. The topological polar surface area (TPSA) is 97.6 Å². The van der Waals surface area contributed by atoms with Gasteiger partial charge in [-0.3, -0.25) is 9.59 Å². The van der Waals surface area contributed by atoms with Gasteiger partial charge in [0.05, 0.1) is 0 Å². The lowest BCUT2D eigenvalue weighted by molar-refractivity contribution is -0.645. The first-order chi connectivity index (χ1) is 14.0. The average molecular weight is 543 g/mol. The highest BCUT2D eigenvalue weighted by Gasteiger charge is 2.18. The van der Waals surface area contributed by atoms with Crippen LogP contribution in [0, 0.1) is 0 Å². The van der Waals surface area contributed by atoms with Crippen molar-refractivity contribution in [3.8, 4) is 0 Å². The molecule has 0 radical (unpaired) electrons. The Labute approximate surface area is 199 Å². The van der Waals surface area contributed by atoms with Crippen molar-refractivity contribution in [2.75, 3.05) is 6.54 Å². The van der Waals surface area contributed by atoms with Gasteiger partial charge in [-0.25, -0.2) is 9.36 Å². The van der Waals surface area contributed by atoms with Gasteiger partial charge in [-0.05, 0) is 46.2 Å². The average Bonchev–Trinajstić information content (AvgIpc) is 2.63. The molecule has 0 bridgehead atoms. The van der Waals surface area contributed by atoms with E-state index in [1.165, 1.54) is 0 Å². The van der Waals surface area contributed by atoms with Crippen LogP contribution >= 0.6 is 0 Å². The van der Waals surface area contributed by atoms with E-state index in [1.807, 2.05) is 42.1 Å². The second-order valence-corrected chi connectivity index (χ2v) is 8.07. The number of esters is 1. The van der Waals surface area contributed by atoms with Gasteiger partial charge < -0.3 is 44.1 Å². The van der Waals surface area contributed by atoms with Crippen LogP contribution in [0.2, 0.25) is 0 Å². The second kappa shape index (κ2) is 11.8. The molecule has 0 aliphatic heterocycles. The Morgan fingerprint density at radius 1 is 1.16 bits per heavy atom. The van der Waals surface area contributed by atoms with Gasteiger partial charge in [0.15, 0.2) is 12.4 Å². The molecule has 0 saturated heterocycles. The number of carbonyl (C=O) groups is 3. The zero-order valence-electron chi connectivity index (χ0n) is 18.5. The van der Waals surface area contributed by atoms with Crippen LogP contribution in [0.3, 0.4) is 0 Å². The number of para-hydroxylation sites is 1. The van der Waals surface area contributed by atoms with Crippen molar-refractivity contribution in [3.05, 3.63) is 42.1 Å². The van der Waals surface area contributed by atoms with Crippen LogP contribution < -0.4 is 39.2 Å². The number of pyridine rings is 1. The molecule has 0 aliphatic carbocycles. The summed E-state index contributed by atoms with van der Waals surface area (Å²) in [6.07, 6.45) is 1.21. The molecule has 170 valence electrons. The maximum atomic E-state index is 12.1. The zero-order valence-corrected chi connectivity index (χ0v) is 20.7. The third-order valence-electron chi connectivity index (χ3n) is 4.10. The van der Waals surface area contributed by atoms with Gasteiger partial charge in [0.1, 0.15) is 19.2 Å². The summed E-state index contributed by atoms with van der Waals surface area (Å²) in [5.74, 6) is -0.901. The van der Waals surface area contributed by atoms with Gasteiger partial charge in [-0.15, -0.1) is 0 Å². The van der Waals surface area contributed by atoms with Crippen LogP contribution in [0.15, 0.2) is 36.5 Å². The highest BCUT2D eigenvalue weighted by atomic mass is 127. The van der Waals surface area contributed by atoms with E-state index in [0.717, 1.165) is 16.5 Å². The number of halogens is 1. The Hall–Kier alpha value is -2.43. The third-order valence-corrected chi connectivity index (χ3v) is 4.10. The molecule has 0 aliphatic rings. The first-order valence-corrected chi connectivity index (χ1v) is 9.86. The van der Waals surface area contributed by atoms with Crippen molar-refractivity contribution in [3.63, 3.8) is 0 Å². The van der Waals surface area contributed by atoms with Crippen molar-refractivity contribution in [2.45, 2.75) is 52.4 Å². The molecule has 0 saturated carbocycles. The number of benzene rings is 1. The summed E-state index contributed by atoms with van der Waals surface area (Å²) in [5.41, 5.74) is 1.48. The molecule has 31 heavy (non-hydrogen) atoms. The van der Waals surface area contributed by atoms with Gasteiger partial charge >= 0.3 is 12.1 Å². The highest BCUT2D eigenvalue weighted by Crippen LogP contribution is 2.13. The minimum atomic E-state index is -0.807. The molecular weight excluding hydrogens is 513 g/mol. The van der Waals surface area contributed by atoms with Gasteiger partial charge in [-0.1, -0.05) is 12.1 Å².